The molecular weight excluding hydrogens is 555 g/mol. The van der Waals surface area contributed by atoms with Crippen molar-refractivity contribution in [1.82, 2.24) is 24.9 Å². The van der Waals surface area contributed by atoms with Gasteiger partial charge in [-0.1, -0.05) is 22.6 Å². The second-order valence-corrected chi connectivity index (χ2v) is 11.0. The van der Waals surface area contributed by atoms with E-state index in [1.165, 1.54) is 29.9 Å². The van der Waals surface area contributed by atoms with Crippen LogP contribution in [0.4, 0.5) is 24.0 Å². The van der Waals surface area contributed by atoms with Gasteiger partial charge in [0.1, 0.15) is 5.69 Å². The van der Waals surface area contributed by atoms with Gasteiger partial charge in [0.2, 0.25) is 5.91 Å². The lowest BCUT2D eigenvalue weighted by Crippen LogP contribution is -2.21. The van der Waals surface area contributed by atoms with Gasteiger partial charge in [-0.15, -0.1) is 5.10 Å². The number of carbonyl (C=O) groups is 2. The zero-order valence-corrected chi connectivity index (χ0v) is 23.5. The third-order valence-electron chi connectivity index (χ3n) is 6.92. The van der Waals surface area contributed by atoms with Crippen molar-refractivity contribution in [2.45, 2.75) is 46.3 Å². The van der Waals surface area contributed by atoms with Crippen molar-refractivity contribution in [3.05, 3.63) is 70.5 Å². The summed E-state index contributed by atoms with van der Waals surface area (Å²) in [6.07, 6.45) is 0.748. The summed E-state index contributed by atoms with van der Waals surface area (Å²) in [7, 11) is 0. The van der Waals surface area contributed by atoms with E-state index >= 15 is 0 Å². The molecule has 0 aliphatic carbocycles. The number of hydrogen-bond acceptors (Lipinski definition) is 7. The Balaban J connectivity index is 1.40. The number of anilines is 2. The minimum atomic E-state index is -4.55. The minimum absolute atomic E-state index is 0.0902. The van der Waals surface area contributed by atoms with Crippen molar-refractivity contribution in [3.63, 3.8) is 0 Å². The van der Waals surface area contributed by atoms with E-state index in [0.717, 1.165) is 37.6 Å². The van der Waals surface area contributed by atoms with Crippen LogP contribution < -0.4 is 10.6 Å². The van der Waals surface area contributed by atoms with E-state index in [-0.39, 0.29) is 22.7 Å². The van der Waals surface area contributed by atoms with E-state index in [0.29, 0.717) is 33.5 Å². The molecule has 0 saturated carbocycles. The Labute approximate surface area is 238 Å². The molecule has 214 valence electrons. The van der Waals surface area contributed by atoms with Crippen LogP contribution in [0.15, 0.2) is 42.7 Å². The SMILES string of the molecule is CC(=O)Nc1ncc(-c2cn(-c3cc(C(=O)Nc4cc(CN5CCCC5)c(C)c(C(F)(F)F)c4)ccc3C)nn2)s1. The topological polar surface area (TPSA) is 105 Å². The smallest absolute Gasteiger partial charge is 0.322 e. The van der Waals surface area contributed by atoms with Gasteiger partial charge in [0.25, 0.3) is 5.91 Å². The molecular formula is C28H28F3N7O2S. The number of amides is 2. The summed E-state index contributed by atoms with van der Waals surface area (Å²) < 4.78 is 43.2. The third-order valence-corrected chi connectivity index (χ3v) is 7.86. The van der Waals surface area contributed by atoms with Crippen molar-refractivity contribution in [2.24, 2.45) is 0 Å². The van der Waals surface area contributed by atoms with Gasteiger partial charge in [-0.25, -0.2) is 9.67 Å². The van der Waals surface area contributed by atoms with E-state index < -0.39 is 17.6 Å². The van der Waals surface area contributed by atoms with Crippen molar-refractivity contribution in [2.75, 3.05) is 23.7 Å². The second kappa shape index (κ2) is 11.4. The number of hydrogen-bond donors (Lipinski definition) is 2. The normalized spacial score (nSPS) is 13.9. The summed E-state index contributed by atoms with van der Waals surface area (Å²) >= 11 is 1.24. The fraction of sp³-hybridized carbons (Fsp3) is 0.321. The summed E-state index contributed by atoms with van der Waals surface area (Å²) in [6.45, 7) is 6.80. The maximum atomic E-state index is 13.9. The quantitative estimate of drug-likeness (QED) is 0.284. The number of nitrogens with one attached hydrogen (secondary N) is 2. The van der Waals surface area contributed by atoms with Gasteiger partial charge < -0.3 is 10.6 Å². The van der Waals surface area contributed by atoms with Crippen molar-refractivity contribution >= 4 is 34.0 Å². The van der Waals surface area contributed by atoms with Gasteiger partial charge in [-0.2, -0.15) is 13.2 Å². The molecule has 5 rings (SSSR count). The van der Waals surface area contributed by atoms with Crippen molar-refractivity contribution < 1.29 is 22.8 Å². The largest absolute Gasteiger partial charge is 0.416 e. The molecule has 3 heterocycles. The summed E-state index contributed by atoms with van der Waals surface area (Å²) in [5, 5.41) is 14.1. The average Bonchev–Trinajstić information content (AvgIpc) is 3.67. The number of carbonyl (C=O) groups excluding carboxylic acids is 2. The third kappa shape index (κ3) is 6.46. The summed E-state index contributed by atoms with van der Waals surface area (Å²) in [6, 6.07) is 7.58. The van der Waals surface area contributed by atoms with Crippen LogP contribution in [0.3, 0.4) is 0 Å². The number of halogens is 3. The molecule has 1 fully saturated rings. The predicted octanol–water partition coefficient (Wildman–Crippen LogP) is 5.83. The molecule has 1 aliphatic heterocycles. The number of aromatic nitrogens is 4. The van der Waals surface area contributed by atoms with E-state index in [1.807, 2.05) is 6.92 Å². The Morgan fingerprint density at radius 1 is 1.07 bits per heavy atom. The maximum Gasteiger partial charge on any atom is 0.416 e. The first-order valence-corrected chi connectivity index (χ1v) is 13.8. The van der Waals surface area contributed by atoms with Crippen LogP contribution in [0.1, 0.15) is 52.4 Å². The zero-order valence-electron chi connectivity index (χ0n) is 22.7. The summed E-state index contributed by atoms with van der Waals surface area (Å²) in [4.78, 5) is 31.5. The van der Waals surface area contributed by atoms with E-state index in [2.05, 4.69) is 30.8 Å². The zero-order chi connectivity index (χ0) is 29.3. The molecule has 0 bridgehead atoms. The van der Waals surface area contributed by atoms with Crippen LogP contribution in [0.25, 0.3) is 16.3 Å². The Kier molecular flexibility index (Phi) is 7.91. The highest BCUT2D eigenvalue weighted by Crippen LogP contribution is 2.36. The van der Waals surface area contributed by atoms with Crippen LogP contribution in [-0.4, -0.2) is 49.8 Å². The molecule has 41 heavy (non-hydrogen) atoms. The van der Waals surface area contributed by atoms with Gasteiger partial charge >= 0.3 is 6.18 Å². The van der Waals surface area contributed by atoms with Crippen LogP contribution >= 0.6 is 11.3 Å². The van der Waals surface area contributed by atoms with Crippen molar-refractivity contribution in [3.8, 4) is 16.3 Å². The number of rotatable bonds is 7. The minimum Gasteiger partial charge on any atom is -0.322 e. The molecule has 2 amide bonds. The molecule has 9 nitrogen and oxygen atoms in total. The number of thiazole rings is 1. The van der Waals surface area contributed by atoms with Gasteiger partial charge in [-0.3, -0.25) is 14.5 Å². The van der Waals surface area contributed by atoms with Crippen LogP contribution in [0.2, 0.25) is 0 Å². The Bertz CT molecular complexity index is 1610. The lowest BCUT2D eigenvalue weighted by Gasteiger charge is -2.21. The standard InChI is InChI=1S/C28H28F3N7O2S/c1-16-6-7-19(11-24(16)38-15-23(35-36-38)25-13-32-27(41-25)33-18(3)39)26(40)34-21-10-20(14-37-8-4-5-9-37)17(2)22(12-21)28(29,30)31/h6-7,10-13,15H,4-5,8-9,14H2,1-3H3,(H,34,40)(H,32,33,39). The molecule has 0 unspecified atom stereocenters. The molecule has 0 radical (unpaired) electrons. The molecule has 0 spiro atoms. The van der Waals surface area contributed by atoms with E-state index in [1.54, 1.807) is 36.7 Å². The second-order valence-electron chi connectivity index (χ2n) is 10.0. The van der Waals surface area contributed by atoms with Crippen LogP contribution in [0.5, 0.6) is 0 Å². The highest BCUT2D eigenvalue weighted by molar-refractivity contribution is 7.19. The van der Waals surface area contributed by atoms with Gasteiger partial charge in [0.05, 0.1) is 22.3 Å². The molecule has 1 aliphatic rings. The molecule has 2 aromatic heterocycles. The lowest BCUT2D eigenvalue weighted by atomic mass is 9.99. The fourth-order valence-electron chi connectivity index (χ4n) is 4.78. The van der Waals surface area contributed by atoms with Crippen LogP contribution in [0, 0.1) is 13.8 Å². The molecule has 4 aromatic rings. The first-order valence-electron chi connectivity index (χ1n) is 13.0. The number of nitrogens with zero attached hydrogens (tertiary/aromatic N) is 5. The van der Waals surface area contributed by atoms with E-state index in [9.17, 15) is 22.8 Å². The average molecular weight is 584 g/mol. The maximum absolute atomic E-state index is 13.9. The monoisotopic (exact) mass is 583 g/mol. The number of aryl methyl sites for hydroxylation is 1. The van der Waals surface area contributed by atoms with Gasteiger partial charge in [0.15, 0.2) is 5.13 Å². The summed E-state index contributed by atoms with van der Waals surface area (Å²) in [5.41, 5.74) is 2.22. The Morgan fingerprint density at radius 2 is 1.83 bits per heavy atom. The number of alkyl halides is 3. The Morgan fingerprint density at radius 3 is 2.54 bits per heavy atom. The van der Waals surface area contributed by atoms with Gasteiger partial charge in [-0.05, 0) is 80.7 Å². The molecule has 2 N–H and O–H groups in total. The molecule has 0 atom stereocenters. The molecule has 1 saturated heterocycles. The van der Waals surface area contributed by atoms with Gasteiger partial charge in [0, 0.05) is 30.9 Å². The number of likely N-dealkylation sites (tertiary alicyclic amines) is 1. The van der Waals surface area contributed by atoms with E-state index in [4.69, 9.17) is 0 Å². The van der Waals surface area contributed by atoms with Crippen molar-refractivity contribution in [1.29, 1.82) is 0 Å². The highest BCUT2D eigenvalue weighted by atomic mass is 32.1. The number of benzene rings is 2. The highest BCUT2D eigenvalue weighted by Gasteiger charge is 2.34. The molecule has 2 aromatic carbocycles. The van der Waals surface area contributed by atoms with Crippen LogP contribution in [-0.2, 0) is 17.5 Å². The summed E-state index contributed by atoms with van der Waals surface area (Å²) in [5.74, 6) is -0.776. The first-order chi connectivity index (χ1) is 19.5. The fourth-order valence-corrected chi connectivity index (χ4v) is 5.59. The first kappa shape index (κ1) is 28.4. The lowest BCUT2D eigenvalue weighted by molar-refractivity contribution is -0.138. The predicted molar refractivity (Wildman–Crippen MR) is 150 cm³/mol. The Hall–Kier alpha value is -4.10. The molecule has 13 heteroatoms.